The second-order valence-corrected chi connectivity index (χ2v) is 4.91. The summed E-state index contributed by atoms with van der Waals surface area (Å²) in [5.74, 6) is 0.460. The Labute approximate surface area is 101 Å². The van der Waals surface area contributed by atoms with E-state index in [1.807, 2.05) is 37.3 Å². The van der Waals surface area contributed by atoms with Crippen LogP contribution in [-0.2, 0) is 4.79 Å². The maximum absolute atomic E-state index is 11.4. The lowest BCUT2D eigenvalue weighted by Gasteiger charge is -2.18. The second kappa shape index (κ2) is 6.71. The zero-order valence-corrected chi connectivity index (χ0v) is 10.5. The number of Topliss-reactive ketones (excluding diaryl/α,β-unsaturated/α-hetero) is 1. The van der Waals surface area contributed by atoms with Crippen molar-refractivity contribution in [3.63, 3.8) is 0 Å². The molecule has 16 heavy (non-hydrogen) atoms. The van der Waals surface area contributed by atoms with E-state index in [-0.39, 0.29) is 11.7 Å². The van der Waals surface area contributed by atoms with E-state index in [0.717, 1.165) is 4.90 Å². The monoisotopic (exact) mass is 238 g/mol. The van der Waals surface area contributed by atoms with E-state index >= 15 is 0 Å². The first-order valence-electron chi connectivity index (χ1n) is 5.51. The van der Waals surface area contributed by atoms with E-state index in [1.54, 1.807) is 18.7 Å². The molecule has 0 saturated carbocycles. The van der Waals surface area contributed by atoms with Crippen molar-refractivity contribution in [2.75, 3.05) is 5.75 Å². The van der Waals surface area contributed by atoms with Gasteiger partial charge in [-0.2, -0.15) is 0 Å². The molecule has 2 atom stereocenters. The molecule has 1 rings (SSSR count). The maximum atomic E-state index is 11.4. The SMILES string of the molecule is CC[C@H](O)[C@@H](CSc1ccccc1)C(C)=O. The van der Waals surface area contributed by atoms with Gasteiger partial charge in [-0.05, 0) is 25.5 Å². The molecule has 0 aliphatic carbocycles. The zero-order valence-electron chi connectivity index (χ0n) is 9.72. The van der Waals surface area contributed by atoms with Gasteiger partial charge in [0.1, 0.15) is 5.78 Å². The molecule has 3 heteroatoms. The number of hydrogen-bond acceptors (Lipinski definition) is 3. The molecule has 88 valence electrons. The number of carbonyl (C=O) groups is 1. The number of aliphatic hydroxyl groups excluding tert-OH is 1. The summed E-state index contributed by atoms with van der Waals surface area (Å²) in [5.41, 5.74) is 0. The van der Waals surface area contributed by atoms with Crippen molar-refractivity contribution in [2.45, 2.75) is 31.3 Å². The molecule has 0 fully saturated rings. The van der Waals surface area contributed by atoms with Crippen LogP contribution in [0.2, 0.25) is 0 Å². The lowest BCUT2D eigenvalue weighted by atomic mass is 9.99. The summed E-state index contributed by atoms with van der Waals surface area (Å²) >= 11 is 1.62. The van der Waals surface area contributed by atoms with Gasteiger partial charge in [-0.3, -0.25) is 4.79 Å². The van der Waals surface area contributed by atoms with E-state index in [4.69, 9.17) is 0 Å². The predicted octanol–water partition coefficient (Wildman–Crippen LogP) is 2.75. The average Bonchev–Trinajstić information content (AvgIpc) is 2.30. The molecule has 1 aromatic carbocycles. The standard InChI is InChI=1S/C13H18O2S/c1-3-13(15)12(10(2)14)9-16-11-7-5-4-6-8-11/h4-8,12-13,15H,3,9H2,1-2H3/t12-,13-/m0/s1. The Morgan fingerprint density at radius 3 is 2.50 bits per heavy atom. The Balaban J connectivity index is 2.54. The van der Waals surface area contributed by atoms with Gasteiger partial charge in [0.2, 0.25) is 0 Å². The van der Waals surface area contributed by atoms with Gasteiger partial charge >= 0.3 is 0 Å². The second-order valence-electron chi connectivity index (χ2n) is 3.82. The van der Waals surface area contributed by atoms with Gasteiger partial charge in [-0.15, -0.1) is 11.8 Å². The van der Waals surface area contributed by atoms with Gasteiger partial charge in [-0.1, -0.05) is 25.1 Å². The van der Waals surface area contributed by atoms with Gasteiger partial charge in [0, 0.05) is 10.6 Å². The third kappa shape index (κ3) is 3.99. The van der Waals surface area contributed by atoms with Crippen LogP contribution in [-0.4, -0.2) is 22.7 Å². The number of aliphatic hydroxyl groups is 1. The first-order chi connectivity index (χ1) is 7.65. The number of benzene rings is 1. The van der Waals surface area contributed by atoms with Crippen molar-refractivity contribution < 1.29 is 9.90 Å². The Morgan fingerprint density at radius 2 is 2.00 bits per heavy atom. The van der Waals surface area contributed by atoms with Crippen LogP contribution in [0.4, 0.5) is 0 Å². The Bertz CT molecular complexity index is 324. The third-order valence-electron chi connectivity index (χ3n) is 2.58. The molecule has 0 heterocycles. The number of ketones is 1. The van der Waals surface area contributed by atoms with E-state index in [1.165, 1.54) is 0 Å². The highest BCUT2D eigenvalue weighted by Crippen LogP contribution is 2.23. The number of carbonyl (C=O) groups excluding carboxylic acids is 1. The summed E-state index contributed by atoms with van der Waals surface area (Å²) in [5, 5.41) is 9.73. The molecule has 1 N–H and O–H groups in total. The van der Waals surface area contributed by atoms with Gasteiger partial charge in [-0.25, -0.2) is 0 Å². The molecule has 0 saturated heterocycles. The van der Waals surface area contributed by atoms with Crippen molar-refractivity contribution in [1.82, 2.24) is 0 Å². The van der Waals surface area contributed by atoms with Crippen molar-refractivity contribution in [2.24, 2.45) is 5.92 Å². The molecule has 1 aromatic rings. The van der Waals surface area contributed by atoms with Crippen LogP contribution >= 0.6 is 11.8 Å². The Kier molecular flexibility index (Phi) is 5.56. The summed E-state index contributed by atoms with van der Waals surface area (Å²) in [6.07, 6.45) is 0.105. The van der Waals surface area contributed by atoms with Crippen LogP contribution in [0, 0.1) is 5.92 Å². The van der Waals surface area contributed by atoms with Crippen LogP contribution in [0.3, 0.4) is 0 Å². The molecule has 0 amide bonds. The normalized spacial score (nSPS) is 14.4. The lowest BCUT2D eigenvalue weighted by molar-refractivity contribution is -0.123. The molecule has 0 aliphatic heterocycles. The van der Waals surface area contributed by atoms with Crippen LogP contribution in [0.25, 0.3) is 0 Å². The van der Waals surface area contributed by atoms with E-state index in [0.29, 0.717) is 12.2 Å². The highest BCUT2D eigenvalue weighted by atomic mass is 32.2. The highest BCUT2D eigenvalue weighted by Gasteiger charge is 2.22. The minimum atomic E-state index is -0.520. The highest BCUT2D eigenvalue weighted by molar-refractivity contribution is 7.99. The van der Waals surface area contributed by atoms with Gasteiger partial charge in [0.05, 0.1) is 12.0 Å². The molecule has 0 radical (unpaired) electrons. The third-order valence-corrected chi connectivity index (χ3v) is 3.71. The minimum absolute atomic E-state index is 0.0674. The largest absolute Gasteiger partial charge is 0.392 e. The molecule has 0 aromatic heterocycles. The molecule has 2 nitrogen and oxygen atoms in total. The molecule has 0 spiro atoms. The Hall–Kier alpha value is -0.800. The van der Waals surface area contributed by atoms with E-state index in [2.05, 4.69) is 0 Å². The molecular weight excluding hydrogens is 220 g/mol. The quantitative estimate of drug-likeness (QED) is 0.774. The topological polar surface area (TPSA) is 37.3 Å². The summed E-state index contributed by atoms with van der Waals surface area (Å²) in [6, 6.07) is 9.94. The van der Waals surface area contributed by atoms with Crippen molar-refractivity contribution >= 4 is 17.5 Å². The minimum Gasteiger partial charge on any atom is -0.392 e. The van der Waals surface area contributed by atoms with Crippen molar-refractivity contribution in [3.8, 4) is 0 Å². The lowest BCUT2D eigenvalue weighted by Crippen LogP contribution is -2.28. The fourth-order valence-corrected chi connectivity index (χ4v) is 2.67. The van der Waals surface area contributed by atoms with Gasteiger partial charge in [0.25, 0.3) is 0 Å². The van der Waals surface area contributed by atoms with Crippen molar-refractivity contribution in [1.29, 1.82) is 0 Å². The summed E-state index contributed by atoms with van der Waals surface area (Å²) in [6.45, 7) is 3.45. The molecule has 0 bridgehead atoms. The van der Waals surface area contributed by atoms with E-state index in [9.17, 15) is 9.90 Å². The van der Waals surface area contributed by atoms with Crippen LogP contribution in [0.1, 0.15) is 20.3 Å². The number of rotatable bonds is 6. The van der Waals surface area contributed by atoms with Crippen LogP contribution < -0.4 is 0 Å². The average molecular weight is 238 g/mol. The van der Waals surface area contributed by atoms with E-state index < -0.39 is 6.10 Å². The zero-order chi connectivity index (χ0) is 12.0. The summed E-state index contributed by atoms with van der Waals surface area (Å²) < 4.78 is 0. The molecular formula is C13H18O2S. The number of hydrogen-bond donors (Lipinski definition) is 1. The predicted molar refractivity (Wildman–Crippen MR) is 67.6 cm³/mol. The maximum Gasteiger partial charge on any atom is 0.136 e. The summed E-state index contributed by atoms with van der Waals surface area (Å²) in [7, 11) is 0. The first-order valence-corrected chi connectivity index (χ1v) is 6.50. The fraction of sp³-hybridized carbons (Fsp3) is 0.462. The Morgan fingerprint density at radius 1 is 1.38 bits per heavy atom. The number of thioether (sulfide) groups is 1. The van der Waals surface area contributed by atoms with Crippen molar-refractivity contribution in [3.05, 3.63) is 30.3 Å². The van der Waals surface area contributed by atoms with Gasteiger partial charge < -0.3 is 5.11 Å². The smallest absolute Gasteiger partial charge is 0.136 e. The fourth-order valence-electron chi connectivity index (χ4n) is 1.49. The molecule has 0 aliphatic rings. The van der Waals surface area contributed by atoms with Crippen LogP contribution in [0.15, 0.2) is 35.2 Å². The first kappa shape index (κ1) is 13.3. The van der Waals surface area contributed by atoms with Crippen LogP contribution in [0.5, 0.6) is 0 Å². The summed E-state index contributed by atoms with van der Waals surface area (Å²) in [4.78, 5) is 12.5. The van der Waals surface area contributed by atoms with Gasteiger partial charge in [0.15, 0.2) is 0 Å². The molecule has 0 unspecified atom stereocenters.